The van der Waals surface area contributed by atoms with E-state index in [1.165, 1.54) is 14.0 Å². The van der Waals surface area contributed by atoms with Crippen molar-refractivity contribution in [2.45, 2.75) is 69.0 Å². The zero-order chi connectivity index (χ0) is 24.0. The molecule has 32 heavy (non-hydrogen) atoms. The van der Waals surface area contributed by atoms with Crippen LogP contribution in [-0.2, 0) is 28.5 Å². The first-order chi connectivity index (χ1) is 15.2. The number of carbonyl (C=O) groups is 2. The second-order valence-corrected chi connectivity index (χ2v) is 8.24. The van der Waals surface area contributed by atoms with Crippen LogP contribution in [0.25, 0.3) is 0 Å². The molecule has 12 heteroatoms. The van der Waals surface area contributed by atoms with Crippen molar-refractivity contribution in [3.8, 4) is 0 Å². The number of carbonyl (C=O) groups excluding carboxylic acids is 2. The molecule has 0 aromatic carbocycles. The Morgan fingerprint density at radius 2 is 1.66 bits per heavy atom. The summed E-state index contributed by atoms with van der Waals surface area (Å²) < 4.78 is 21.9. The minimum atomic E-state index is -1.49. The third-order valence-corrected chi connectivity index (χ3v) is 6.09. The molecule has 2 saturated heterocycles. The van der Waals surface area contributed by atoms with Crippen molar-refractivity contribution in [3.63, 3.8) is 0 Å². The molecular weight excluding hydrogens is 430 g/mol. The summed E-state index contributed by atoms with van der Waals surface area (Å²) >= 11 is 0. The van der Waals surface area contributed by atoms with E-state index < -0.39 is 73.2 Å². The summed E-state index contributed by atoms with van der Waals surface area (Å²) in [5.41, 5.74) is 0. The smallest absolute Gasteiger partial charge is 0.217 e. The predicted molar refractivity (Wildman–Crippen MR) is 105 cm³/mol. The molecule has 10 unspecified atom stereocenters. The van der Waals surface area contributed by atoms with Crippen molar-refractivity contribution in [1.29, 1.82) is 0 Å². The number of hydrogen-bond donors (Lipinski definition) is 5. The van der Waals surface area contributed by atoms with E-state index in [9.17, 15) is 35.1 Å². The van der Waals surface area contributed by atoms with E-state index in [2.05, 4.69) is 5.32 Å². The van der Waals surface area contributed by atoms with Gasteiger partial charge in [0.15, 0.2) is 0 Å². The minimum Gasteiger partial charge on any atom is -0.547 e. The lowest BCUT2D eigenvalue weighted by Crippen LogP contribution is -2.63. The zero-order valence-electron chi connectivity index (χ0n) is 18.5. The van der Waals surface area contributed by atoms with Crippen LogP contribution in [0.3, 0.4) is 0 Å². The van der Waals surface area contributed by atoms with E-state index in [1.54, 1.807) is 6.92 Å². The van der Waals surface area contributed by atoms with Crippen LogP contribution in [0.5, 0.6) is 0 Å². The largest absolute Gasteiger partial charge is 0.547 e. The Balaban J connectivity index is 2.04. The summed E-state index contributed by atoms with van der Waals surface area (Å²) in [7, 11) is 1.44. The first-order valence-corrected chi connectivity index (χ1v) is 10.7. The highest BCUT2D eigenvalue weighted by Crippen LogP contribution is 2.30. The van der Waals surface area contributed by atoms with Gasteiger partial charge in [0, 0.05) is 25.9 Å². The van der Waals surface area contributed by atoms with Gasteiger partial charge in [-0.2, -0.15) is 0 Å². The number of rotatable bonds is 10. The van der Waals surface area contributed by atoms with Gasteiger partial charge >= 0.3 is 0 Å². The highest BCUT2D eigenvalue weighted by molar-refractivity contribution is 5.73. The van der Waals surface area contributed by atoms with Crippen LogP contribution in [0.15, 0.2) is 0 Å². The molecule has 2 aliphatic rings. The number of hydrogen-bond acceptors (Lipinski definition) is 11. The van der Waals surface area contributed by atoms with Gasteiger partial charge in [-0.15, -0.1) is 0 Å². The molecule has 0 radical (unpaired) electrons. The lowest BCUT2D eigenvalue weighted by Gasteiger charge is -2.45. The summed E-state index contributed by atoms with van der Waals surface area (Å²) in [4.78, 5) is 23.0. The third-order valence-electron chi connectivity index (χ3n) is 6.09. The Kier molecular flexibility index (Phi) is 10.2. The van der Waals surface area contributed by atoms with Crippen molar-refractivity contribution in [1.82, 2.24) is 5.32 Å². The SMILES string of the molecule is CCC1C(C(=O)[O-])OC(COCC2C(CO)OC(COC)C(NC(C)=O)C2O)C(O)C1O. The van der Waals surface area contributed by atoms with Gasteiger partial charge in [0.2, 0.25) is 5.91 Å². The zero-order valence-corrected chi connectivity index (χ0v) is 18.5. The third kappa shape index (κ3) is 6.14. The lowest BCUT2D eigenvalue weighted by molar-refractivity contribution is -0.331. The first-order valence-electron chi connectivity index (χ1n) is 10.7. The molecule has 0 spiro atoms. The number of aliphatic hydroxyl groups is 4. The van der Waals surface area contributed by atoms with Gasteiger partial charge in [0.1, 0.15) is 24.4 Å². The number of ether oxygens (including phenoxy) is 4. The first kappa shape index (κ1) is 26.9. The van der Waals surface area contributed by atoms with Crippen molar-refractivity contribution >= 4 is 11.9 Å². The lowest BCUT2D eigenvalue weighted by atomic mass is 9.84. The Morgan fingerprint density at radius 3 is 2.19 bits per heavy atom. The van der Waals surface area contributed by atoms with Gasteiger partial charge in [-0.3, -0.25) is 4.79 Å². The predicted octanol–water partition coefficient (Wildman–Crippen LogP) is -3.84. The van der Waals surface area contributed by atoms with Crippen LogP contribution >= 0.6 is 0 Å². The fraction of sp³-hybridized carbons (Fsp3) is 0.900. The Labute approximate surface area is 186 Å². The molecule has 2 rings (SSSR count). The number of amides is 1. The topological polar surface area (TPSA) is 187 Å². The molecule has 2 heterocycles. The standard InChI is InChI=1S/C20H35NO11/c1-4-10-17(25)18(26)14(32-19(10)20(27)28)8-30-6-11-12(5-22)31-13(7-29-3)15(16(11)24)21-9(2)23/h10-19,22,24-26H,4-8H2,1-3H3,(H,21,23)(H,27,28)/p-1. The van der Waals surface area contributed by atoms with E-state index in [0.717, 1.165) is 0 Å². The molecule has 2 fully saturated rings. The number of aliphatic carboxylic acids is 1. The molecule has 2 aliphatic heterocycles. The van der Waals surface area contributed by atoms with Gasteiger partial charge < -0.3 is 54.6 Å². The summed E-state index contributed by atoms with van der Waals surface area (Å²) in [5.74, 6) is -3.45. The van der Waals surface area contributed by atoms with Crippen LogP contribution in [0, 0.1) is 11.8 Å². The van der Waals surface area contributed by atoms with Gasteiger partial charge in [-0.1, -0.05) is 6.92 Å². The maximum Gasteiger partial charge on any atom is 0.217 e. The van der Waals surface area contributed by atoms with E-state index in [-0.39, 0.29) is 32.1 Å². The highest BCUT2D eigenvalue weighted by Gasteiger charge is 2.47. The van der Waals surface area contributed by atoms with E-state index in [0.29, 0.717) is 0 Å². The molecule has 0 bridgehead atoms. The van der Waals surface area contributed by atoms with Crippen molar-refractivity contribution in [3.05, 3.63) is 0 Å². The fourth-order valence-corrected chi connectivity index (χ4v) is 4.39. The van der Waals surface area contributed by atoms with Crippen molar-refractivity contribution in [2.75, 3.05) is 33.5 Å². The molecule has 0 saturated carbocycles. The number of aliphatic hydroxyl groups excluding tert-OH is 4. The molecule has 12 nitrogen and oxygen atoms in total. The highest BCUT2D eigenvalue weighted by atomic mass is 16.6. The monoisotopic (exact) mass is 464 g/mol. The van der Waals surface area contributed by atoms with Crippen LogP contribution in [0.1, 0.15) is 20.3 Å². The number of methoxy groups -OCH3 is 1. The van der Waals surface area contributed by atoms with E-state index >= 15 is 0 Å². The maximum atomic E-state index is 11.6. The second-order valence-electron chi connectivity index (χ2n) is 8.24. The summed E-state index contributed by atoms with van der Waals surface area (Å²) in [5, 5.41) is 55.2. The van der Waals surface area contributed by atoms with Crippen LogP contribution in [-0.4, -0.2) is 115 Å². The normalized spacial score (nSPS) is 40.1. The Bertz CT molecular complexity index is 620. The van der Waals surface area contributed by atoms with Gasteiger partial charge in [0.25, 0.3) is 0 Å². The Hall–Kier alpha value is -1.38. The van der Waals surface area contributed by atoms with Gasteiger partial charge in [-0.25, -0.2) is 0 Å². The van der Waals surface area contributed by atoms with Gasteiger partial charge in [-0.05, 0) is 6.42 Å². The van der Waals surface area contributed by atoms with Crippen molar-refractivity contribution < 1.29 is 54.1 Å². The van der Waals surface area contributed by atoms with Crippen LogP contribution in [0.4, 0.5) is 0 Å². The van der Waals surface area contributed by atoms with Crippen LogP contribution < -0.4 is 10.4 Å². The molecule has 0 aromatic heterocycles. The molecule has 1 amide bonds. The maximum absolute atomic E-state index is 11.6. The average Bonchev–Trinajstić information content (AvgIpc) is 2.74. The quantitative estimate of drug-likeness (QED) is 0.213. The molecular formula is C20H34NO11-. The summed E-state index contributed by atoms with van der Waals surface area (Å²) in [6.07, 6.45) is -7.65. The fourth-order valence-electron chi connectivity index (χ4n) is 4.39. The molecule has 10 atom stereocenters. The minimum absolute atomic E-state index is 0.0787. The average molecular weight is 464 g/mol. The molecule has 186 valence electrons. The number of carboxylic acids is 1. The van der Waals surface area contributed by atoms with Crippen LogP contribution in [0.2, 0.25) is 0 Å². The van der Waals surface area contributed by atoms with Gasteiger partial charge in [0.05, 0.1) is 56.8 Å². The Morgan fingerprint density at radius 1 is 0.969 bits per heavy atom. The molecule has 5 N–H and O–H groups in total. The number of carboxylic acid groups (broad SMARTS) is 1. The molecule has 0 aliphatic carbocycles. The van der Waals surface area contributed by atoms with E-state index in [4.69, 9.17) is 18.9 Å². The summed E-state index contributed by atoms with van der Waals surface area (Å²) in [6, 6.07) is -0.810. The van der Waals surface area contributed by atoms with Crippen molar-refractivity contribution in [2.24, 2.45) is 11.8 Å². The second kappa shape index (κ2) is 12.2. The summed E-state index contributed by atoms with van der Waals surface area (Å²) in [6.45, 7) is 2.17. The molecule has 0 aromatic rings. The number of nitrogens with one attached hydrogen (secondary N) is 1. The van der Waals surface area contributed by atoms with E-state index in [1.807, 2.05) is 0 Å².